The zero-order valence-corrected chi connectivity index (χ0v) is 21.1. The SMILES string of the molecule is C#C[C@@H](Cc1cc(Cl)c2ncc(C#N)c(NCC(C)(C)C)c2c1)c1cccc2c(=O)n(C)ccc12. The molecule has 6 heteroatoms. The lowest BCUT2D eigenvalue weighted by molar-refractivity contribution is 0.443. The Bertz CT molecular complexity index is 1580. The maximum atomic E-state index is 12.6. The van der Waals surface area contributed by atoms with Crippen molar-refractivity contribution < 1.29 is 0 Å². The van der Waals surface area contributed by atoms with Gasteiger partial charge in [0.25, 0.3) is 5.56 Å². The minimum atomic E-state index is -0.266. The van der Waals surface area contributed by atoms with Crippen LogP contribution in [0.3, 0.4) is 0 Å². The van der Waals surface area contributed by atoms with Crippen molar-refractivity contribution in [3.63, 3.8) is 0 Å². The Morgan fingerprint density at radius 3 is 2.66 bits per heavy atom. The third-order valence-electron chi connectivity index (χ3n) is 6.07. The van der Waals surface area contributed by atoms with Gasteiger partial charge in [-0.2, -0.15) is 5.26 Å². The molecule has 35 heavy (non-hydrogen) atoms. The van der Waals surface area contributed by atoms with Gasteiger partial charge in [-0.05, 0) is 52.6 Å². The normalized spacial score (nSPS) is 12.3. The van der Waals surface area contributed by atoms with Gasteiger partial charge < -0.3 is 9.88 Å². The largest absolute Gasteiger partial charge is 0.383 e. The summed E-state index contributed by atoms with van der Waals surface area (Å²) >= 11 is 6.66. The molecule has 0 amide bonds. The smallest absolute Gasteiger partial charge is 0.258 e. The molecule has 0 radical (unpaired) electrons. The third-order valence-corrected chi connectivity index (χ3v) is 6.36. The molecule has 0 bridgehead atoms. The van der Waals surface area contributed by atoms with E-state index in [1.165, 1.54) is 0 Å². The van der Waals surface area contributed by atoms with Gasteiger partial charge in [0, 0.05) is 42.7 Å². The molecule has 1 atom stereocenters. The quantitative estimate of drug-likeness (QED) is 0.352. The van der Waals surface area contributed by atoms with Crippen LogP contribution in [0, 0.1) is 29.1 Å². The van der Waals surface area contributed by atoms with Gasteiger partial charge in [0.05, 0.1) is 21.8 Å². The lowest BCUT2D eigenvalue weighted by Crippen LogP contribution is -2.19. The summed E-state index contributed by atoms with van der Waals surface area (Å²) in [7, 11) is 1.74. The van der Waals surface area contributed by atoms with E-state index in [4.69, 9.17) is 18.0 Å². The number of anilines is 1. The average molecular weight is 483 g/mol. The Morgan fingerprint density at radius 1 is 1.20 bits per heavy atom. The molecule has 2 heterocycles. The maximum Gasteiger partial charge on any atom is 0.258 e. The molecule has 2 aromatic carbocycles. The van der Waals surface area contributed by atoms with Crippen LogP contribution in [0.4, 0.5) is 5.69 Å². The Kier molecular flexibility index (Phi) is 6.57. The van der Waals surface area contributed by atoms with Crippen molar-refractivity contribution in [1.82, 2.24) is 9.55 Å². The minimum Gasteiger partial charge on any atom is -0.383 e. The molecular weight excluding hydrogens is 456 g/mol. The molecule has 4 aromatic rings. The highest BCUT2D eigenvalue weighted by atomic mass is 35.5. The first-order chi connectivity index (χ1) is 16.6. The van der Waals surface area contributed by atoms with Crippen LogP contribution < -0.4 is 10.9 Å². The van der Waals surface area contributed by atoms with Gasteiger partial charge in [-0.3, -0.25) is 9.78 Å². The zero-order valence-electron chi connectivity index (χ0n) is 20.3. The van der Waals surface area contributed by atoms with Gasteiger partial charge in [-0.1, -0.05) is 50.4 Å². The van der Waals surface area contributed by atoms with Crippen LogP contribution >= 0.6 is 11.6 Å². The highest BCUT2D eigenvalue weighted by molar-refractivity contribution is 6.35. The standard InChI is InChI=1S/C29H27ClN4O/c1-6-19(21-8-7-9-23-22(21)10-11-34(5)28(23)35)12-18-13-24-26(33-17-29(2,3)4)20(15-31)16-32-27(24)25(30)14-18/h1,7-11,13-14,16,19H,12,17H2,2-5H3,(H,32,33)/t19-/m0/s1. The van der Waals surface area contributed by atoms with E-state index in [9.17, 15) is 10.1 Å². The average Bonchev–Trinajstić information content (AvgIpc) is 2.82. The summed E-state index contributed by atoms with van der Waals surface area (Å²) in [4.78, 5) is 17.1. The predicted octanol–water partition coefficient (Wildman–Crippen LogP) is 6.03. The number of hydrogen-bond acceptors (Lipinski definition) is 4. The monoisotopic (exact) mass is 482 g/mol. The van der Waals surface area contributed by atoms with Gasteiger partial charge in [-0.15, -0.1) is 6.42 Å². The molecule has 0 unspecified atom stereocenters. The number of rotatable bonds is 5. The summed E-state index contributed by atoms with van der Waals surface area (Å²) in [5, 5.41) is 15.9. The fourth-order valence-corrected chi connectivity index (χ4v) is 4.55. The Hall–Kier alpha value is -3.80. The molecule has 0 aliphatic rings. The first-order valence-electron chi connectivity index (χ1n) is 11.4. The van der Waals surface area contributed by atoms with Crippen molar-refractivity contribution in [2.75, 3.05) is 11.9 Å². The van der Waals surface area contributed by atoms with E-state index in [2.05, 4.69) is 43.1 Å². The summed E-state index contributed by atoms with van der Waals surface area (Å²) in [5.41, 5.74) is 3.64. The summed E-state index contributed by atoms with van der Waals surface area (Å²) in [6.07, 6.45) is 9.84. The molecule has 0 saturated carbocycles. The summed E-state index contributed by atoms with van der Waals surface area (Å²) in [5.74, 6) is 2.64. The molecule has 1 N–H and O–H groups in total. The lowest BCUT2D eigenvalue weighted by atomic mass is 9.89. The van der Waals surface area contributed by atoms with Gasteiger partial charge in [0.2, 0.25) is 0 Å². The molecule has 4 rings (SSSR count). The number of benzene rings is 2. The summed E-state index contributed by atoms with van der Waals surface area (Å²) < 4.78 is 1.56. The molecule has 0 saturated heterocycles. The van der Waals surface area contributed by atoms with Crippen molar-refractivity contribution in [3.05, 3.63) is 80.9 Å². The fraction of sp³-hybridized carbons (Fsp3) is 0.276. The second-order valence-corrected chi connectivity index (χ2v) is 10.4. The number of hydrogen-bond donors (Lipinski definition) is 1. The van der Waals surface area contributed by atoms with Crippen molar-refractivity contribution in [2.45, 2.75) is 33.1 Å². The van der Waals surface area contributed by atoms with Crippen LogP contribution in [0.5, 0.6) is 0 Å². The Labute approximate surface area is 210 Å². The highest BCUT2D eigenvalue weighted by Gasteiger charge is 2.19. The van der Waals surface area contributed by atoms with Crippen LogP contribution in [0.15, 0.2) is 53.6 Å². The molecule has 5 nitrogen and oxygen atoms in total. The summed E-state index contributed by atoms with van der Waals surface area (Å²) in [6.45, 7) is 7.06. The second-order valence-electron chi connectivity index (χ2n) is 10.0. The van der Waals surface area contributed by atoms with Crippen LogP contribution in [0.1, 0.15) is 43.4 Å². The van der Waals surface area contributed by atoms with Gasteiger partial charge in [0.1, 0.15) is 6.07 Å². The van der Waals surface area contributed by atoms with Crippen LogP contribution in [0.2, 0.25) is 5.02 Å². The Morgan fingerprint density at radius 2 is 1.97 bits per heavy atom. The molecule has 0 spiro atoms. The topological polar surface area (TPSA) is 70.7 Å². The second kappa shape index (κ2) is 9.45. The molecule has 0 aliphatic heterocycles. The molecule has 176 valence electrons. The minimum absolute atomic E-state index is 0.0176. The van der Waals surface area contributed by atoms with E-state index in [0.717, 1.165) is 27.6 Å². The highest BCUT2D eigenvalue weighted by Crippen LogP contribution is 2.34. The number of nitrogens with zero attached hydrogens (tertiary/aromatic N) is 3. The number of pyridine rings is 2. The number of nitriles is 1. The number of terminal acetylenes is 1. The number of halogens is 1. The number of aryl methyl sites for hydroxylation is 1. The van der Waals surface area contributed by atoms with Crippen molar-refractivity contribution in [2.24, 2.45) is 12.5 Å². The first kappa shape index (κ1) is 24.3. The van der Waals surface area contributed by atoms with Crippen LogP contribution in [-0.2, 0) is 13.5 Å². The fourth-order valence-electron chi connectivity index (χ4n) is 4.26. The molecule has 0 aliphatic carbocycles. The van der Waals surface area contributed by atoms with Gasteiger partial charge in [0.15, 0.2) is 0 Å². The van der Waals surface area contributed by atoms with Crippen LogP contribution in [0.25, 0.3) is 21.7 Å². The van der Waals surface area contributed by atoms with E-state index in [1.54, 1.807) is 24.0 Å². The first-order valence-corrected chi connectivity index (χ1v) is 11.8. The maximum absolute atomic E-state index is 12.6. The van der Waals surface area contributed by atoms with Crippen molar-refractivity contribution in [1.29, 1.82) is 5.26 Å². The van der Waals surface area contributed by atoms with E-state index >= 15 is 0 Å². The Balaban J connectivity index is 1.81. The van der Waals surface area contributed by atoms with E-state index < -0.39 is 0 Å². The molecular formula is C29H27ClN4O. The van der Waals surface area contributed by atoms with Gasteiger partial charge >= 0.3 is 0 Å². The summed E-state index contributed by atoms with van der Waals surface area (Å²) in [6, 6.07) is 13.7. The van der Waals surface area contributed by atoms with Crippen molar-refractivity contribution >= 4 is 39.0 Å². The number of fused-ring (bicyclic) bond motifs is 2. The molecule has 0 fully saturated rings. The zero-order chi connectivity index (χ0) is 25.3. The van der Waals surface area contributed by atoms with E-state index in [0.29, 0.717) is 34.5 Å². The van der Waals surface area contributed by atoms with E-state index in [1.807, 2.05) is 36.4 Å². The predicted molar refractivity (Wildman–Crippen MR) is 144 cm³/mol. The number of aromatic nitrogens is 2. The van der Waals surface area contributed by atoms with Crippen molar-refractivity contribution in [3.8, 4) is 18.4 Å². The molecule has 2 aromatic heterocycles. The van der Waals surface area contributed by atoms with E-state index in [-0.39, 0.29) is 16.9 Å². The third kappa shape index (κ3) is 4.87. The van der Waals surface area contributed by atoms with Crippen LogP contribution in [-0.4, -0.2) is 16.1 Å². The van der Waals surface area contributed by atoms with Gasteiger partial charge in [-0.25, -0.2) is 0 Å². The lowest BCUT2D eigenvalue weighted by Gasteiger charge is -2.21. The number of nitrogens with one attached hydrogen (secondary N) is 1.